The van der Waals surface area contributed by atoms with Gasteiger partial charge in [0.2, 0.25) is 0 Å². The minimum Gasteiger partial charge on any atom is -0.493 e. The third-order valence-corrected chi connectivity index (χ3v) is 4.38. The van der Waals surface area contributed by atoms with Gasteiger partial charge in [0.15, 0.2) is 11.6 Å². The maximum atomic E-state index is 13.7. The van der Waals surface area contributed by atoms with E-state index in [1.54, 1.807) is 6.92 Å². The van der Waals surface area contributed by atoms with E-state index in [0.717, 1.165) is 6.20 Å². The summed E-state index contributed by atoms with van der Waals surface area (Å²) in [5, 5.41) is -0.0699. The first-order valence-corrected chi connectivity index (χ1v) is 8.62. The lowest BCUT2D eigenvalue weighted by atomic mass is 10.3. The van der Waals surface area contributed by atoms with E-state index in [4.69, 9.17) is 32.7 Å². The number of methoxy groups -OCH3 is 1. The standard InChI is InChI=1S/C18H13Cl2F2N3O3/c1-9-3-14(28-8-12-11(22)4-10(21)6-23-12)17(20)18(26)25(9)13-5-16(19)24-7-15(13)27-2/h3-7H,8H2,1-2H3. The highest BCUT2D eigenvalue weighted by molar-refractivity contribution is 6.32. The van der Waals surface area contributed by atoms with Gasteiger partial charge in [0.05, 0.1) is 25.2 Å². The van der Waals surface area contributed by atoms with Gasteiger partial charge < -0.3 is 9.47 Å². The Kier molecular flexibility index (Phi) is 5.81. The summed E-state index contributed by atoms with van der Waals surface area (Å²) in [6.07, 6.45) is 2.25. The summed E-state index contributed by atoms with van der Waals surface area (Å²) < 4.78 is 38.6. The van der Waals surface area contributed by atoms with Crippen LogP contribution in [0.25, 0.3) is 5.69 Å². The second-order valence-electron chi connectivity index (χ2n) is 5.65. The zero-order valence-corrected chi connectivity index (χ0v) is 16.2. The Labute approximate surface area is 168 Å². The van der Waals surface area contributed by atoms with Gasteiger partial charge in [-0.3, -0.25) is 14.3 Å². The van der Waals surface area contributed by atoms with Crippen molar-refractivity contribution in [2.24, 2.45) is 0 Å². The molecule has 0 aromatic carbocycles. The summed E-state index contributed by atoms with van der Waals surface area (Å²) in [6.45, 7) is 1.31. The molecule has 0 spiro atoms. The largest absolute Gasteiger partial charge is 0.493 e. The van der Waals surface area contributed by atoms with Crippen LogP contribution in [0.5, 0.6) is 11.5 Å². The number of rotatable bonds is 5. The summed E-state index contributed by atoms with van der Waals surface area (Å²) in [4.78, 5) is 20.3. The first-order valence-electron chi connectivity index (χ1n) is 7.86. The topological polar surface area (TPSA) is 66.2 Å². The number of nitrogens with zero attached hydrogens (tertiary/aromatic N) is 3. The van der Waals surface area contributed by atoms with E-state index in [0.29, 0.717) is 23.2 Å². The monoisotopic (exact) mass is 427 g/mol. The highest BCUT2D eigenvalue weighted by Crippen LogP contribution is 2.29. The first kappa shape index (κ1) is 20.0. The van der Waals surface area contributed by atoms with E-state index in [9.17, 15) is 13.6 Å². The van der Waals surface area contributed by atoms with Gasteiger partial charge in [0.25, 0.3) is 5.56 Å². The molecule has 6 nitrogen and oxygen atoms in total. The SMILES string of the molecule is COc1cnc(Cl)cc1-n1c(C)cc(OCc2ncc(F)cc2F)c(Cl)c1=O. The van der Waals surface area contributed by atoms with Crippen LogP contribution >= 0.6 is 23.2 Å². The minimum absolute atomic E-state index is 0.0325. The normalized spacial score (nSPS) is 10.8. The molecule has 3 aromatic heterocycles. The highest BCUT2D eigenvalue weighted by Gasteiger charge is 2.18. The molecule has 0 aliphatic carbocycles. The molecule has 3 rings (SSSR count). The molecule has 0 atom stereocenters. The smallest absolute Gasteiger partial charge is 0.278 e. The zero-order chi connectivity index (χ0) is 20.4. The lowest BCUT2D eigenvalue weighted by Crippen LogP contribution is -2.22. The van der Waals surface area contributed by atoms with Crippen LogP contribution in [-0.4, -0.2) is 21.6 Å². The predicted octanol–water partition coefficient (Wildman–Crippen LogP) is 4.11. The molecular formula is C18H13Cl2F2N3O3. The Balaban J connectivity index is 1.99. The van der Waals surface area contributed by atoms with Crippen molar-refractivity contribution in [3.63, 3.8) is 0 Å². The molecule has 3 heterocycles. The van der Waals surface area contributed by atoms with Crippen molar-refractivity contribution < 1.29 is 18.3 Å². The van der Waals surface area contributed by atoms with Crippen molar-refractivity contribution in [3.05, 3.63) is 74.1 Å². The fourth-order valence-corrected chi connectivity index (χ4v) is 2.87. The van der Waals surface area contributed by atoms with Crippen LogP contribution < -0.4 is 15.0 Å². The minimum atomic E-state index is -0.864. The maximum Gasteiger partial charge on any atom is 0.278 e. The average molecular weight is 428 g/mol. The Morgan fingerprint density at radius 2 is 1.86 bits per heavy atom. The maximum absolute atomic E-state index is 13.7. The number of hydrogen-bond acceptors (Lipinski definition) is 5. The third-order valence-electron chi connectivity index (χ3n) is 3.82. The molecule has 0 amide bonds. The summed E-state index contributed by atoms with van der Waals surface area (Å²) in [7, 11) is 1.43. The molecule has 0 fully saturated rings. The van der Waals surface area contributed by atoms with Crippen LogP contribution in [0, 0.1) is 18.6 Å². The van der Waals surface area contributed by atoms with Crippen molar-refractivity contribution in [1.82, 2.24) is 14.5 Å². The highest BCUT2D eigenvalue weighted by atomic mass is 35.5. The molecule has 0 radical (unpaired) electrons. The molecular weight excluding hydrogens is 415 g/mol. The molecule has 146 valence electrons. The van der Waals surface area contributed by atoms with Gasteiger partial charge in [-0.25, -0.2) is 13.8 Å². The van der Waals surface area contributed by atoms with E-state index in [1.165, 1.54) is 30.0 Å². The van der Waals surface area contributed by atoms with Crippen LogP contribution in [0.3, 0.4) is 0 Å². The first-order chi connectivity index (χ1) is 13.3. The number of hydrogen-bond donors (Lipinski definition) is 0. The molecule has 10 heteroatoms. The quantitative estimate of drug-likeness (QED) is 0.573. The molecule has 0 N–H and O–H groups in total. The molecule has 0 saturated carbocycles. The molecule has 0 aliphatic rings. The van der Waals surface area contributed by atoms with Crippen molar-refractivity contribution in [3.8, 4) is 17.2 Å². The third kappa shape index (κ3) is 3.93. The van der Waals surface area contributed by atoms with E-state index in [2.05, 4.69) is 9.97 Å². The molecule has 3 aromatic rings. The Morgan fingerprint density at radius 1 is 1.11 bits per heavy atom. The van der Waals surface area contributed by atoms with Gasteiger partial charge in [0, 0.05) is 23.9 Å². The van der Waals surface area contributed by atoms with Crippen LogP contribution in [0.1, 0.15) is 11.4 Å². The van der Waals surface area contributed by atoms with Crippen LogP contribution in [0.15, 0.2) is 35.4 Å². The summed E-state index contributed by atoms with van der Waals surface area (Å²) in [6, 6.07) is 3.65. The predicted molar refractivity (Wildman–Crippen MR) is 99.6 cm³/mol. The van der Waals surface area contributed by atoms with E-state index in [1.807, 2.05) is 0 Å². The molecule has 0 unspecified atom stereocenters. The average Bonchev–Trinajstić information content (AvgIpc) is 2.65. The van der Waals surface area contributed by atoms with E-state index in [-0.39, 0.29) is 28.2 Å². The fourth-order valence-electron chi connectivity index (χ4n) is 2.52. The molecule has 0 aliphatic heterocycles. The Morgan fingerprint density at radius 3 is 2.54 bits per heavy atom. The Hall–Kier alpha value is -2.71. The van der Waals surface area contributed by atoms with Crippen LogP contribution in [-0.2, 0) is 6.61 Å². The second-order valence-corrected chi connectivity index (χ2v) is 6.42. The summed E-state index contributed by atoms with van der Waals surface area (Å²) in [5.74, 6) is -1.32. The number of aryl methyl sites for hydroxylation is 1. The Bertz CT molecular complexity index is 1110. The van der Waals surface area contributed by atoms with Crippen molar-refractivity contribution in [1.29, 1.82) is 0 Å². The fraction of sp³-hybridized carbons (Fsp3) is 0.167. The number of pyridine rings is 3. The van der Waals surface area contributed by atoms with Crippen molar-refractivity contribution in [2.45, 2.75) is 13.5 Å². The van der Waals surface area contributed by atoms with Crippen LogP contribution in [0.2, 0.25) is 10.2 Å². The molecule has 0 bridgehead atoms. The van der Waals surface area contributed by atoms with Gasteiger partial charge in [-0.2, -0.15) is 0 Å². The van der Waals surface area contributed by atoms with Gasteiger partial charge in [-0.05, 0) is 6.92 Å². The van der Waals surface area contributed by atoms with Crippen molar-refractivity contribution >= 4 is 23.2 Å². The number of ether oxygens (including phenoxy) is 2. The molecule has 28 heavy (non-hydrogen) atoms. The lowest BCUT2D eigenvalue weighted by Gasteiger charge is -2.16. The summed E-state index contributed by atoms with van der Waals surface area (Å²) >= 11 is 12.1. The van der Waals surface area contributed by atoms with Gasteiger partial charge in [-0.1, -0.05) is 23.2 Å². The number of aromatic nitrogens is 3. The number of halogens is 4. The second kappa shape index (κ2) is 8.12. The van der Waals surface area contributed by atoms with Gasteiger partial charge >= 0.3 is 0 Å². The van der Waals surface area contributed by atoms with Crippen LogP contribution in [0.4, 0.5) is 8.78 Å². The van der Waals surface area contributed by atoms with Gasteiger partial charge in [0.1, 0.15) is 34.0 Å². The van der Waals surface area contributed by atoms with E-state index >= 15 is 0 Å². The van der Waals surface area contributed by atoms with Crippen molar-refractivity contribution in [2.75, 3.05) is 7.11 Å². The molecule has 0 saturated heterocycles. The van der Waals surface area contributed by atoms with Gasteiger partial charge in [-0.15, -0.1) is 0 Å². The summed E-state index contributed by atoms with van der Waals surface area (Å²) in [5.41, 5.74) is 0.0915. The lowest BCUT2D eigenvalue weighted by molar-refractivity contribution is 0.292. The zero-order valence-electron chi connectivity index (χ0n) is 14.7. The van der Waals surface area contributed by atoms with E-state index < -0.39 is 17.2 Å².